The van der Waals surface area contributed by atoms with Gasteiger partial charge in [-0.2, -0.15) is 5.26 Å². The van der Waals surface area contributed by atoms with Gasteiger partial charge in [0.2, 0.25) is 0 Å². The molecular formula is C6H6N2O. The fourth-order valence-electron chi connectivity index (χ4n) is 0.668. The Balaban J connectivity index is 2.60. The Bertz CT molecular complexity index is 190. The van der Waals surface area contributed by atoms with Crippen LogP contribution in [0.25, 0.3) is 0 Å². The van der Waals surface area contributed by atoms with Gasteiger partial charge in [0.1, 0.15) is 6.04 Å². The normalized spacial score (nSPS) is 24.8. The van der Waals surface area contributed by atoms with Gasteiger partial charge >= 0.3 is 0 Å². The zero-order valence-electron chi connectivity index (χ0n) is 4.79. The number of nitrogens with zero attached hydrogens (tertiary/aromatic N) is 1. The van der Waals surface area contributed by atoms with E-state index in [2.05, 4.69) is 5.32 Å². The fraction of sp³-hybridized carbons (Fsp3) is 0.333. The van der Waals surface area contributed by atoms with Crippen LogP contribution < -0.4 is 5.32 Å². The Morgan fingerprint density at radius 1 is 1.89 bits per heavy atom. The lowest BCUT2D eigenvalue weighted by Crippen LogP contribution is -2.28. The monoisotopic (exact) mass is 122 g/mol. The van der Waals surface area contributed by atoms with Crippen molar-refractivity contribution in [3.05, 3.63) is 12.3 Å². The van der Waals surface area contributed by atoms with Gasteiger partial charge in [0.15, 0.2) is 5.78 Å². The van der Waals surface area contributed by atoms with E-state index in [9.17, 15) is 4.79 Å². The molecule has 0 fully saturated rings. The Hall–Kier alpha value is -1.30. The van der Waals surface area contributed by atoms with Gasteiger partial charge in [-0.3, -0.25) is 4.79 Å². The molecule has 3 nitrogen and oxygen atoms in total. The van der Waals surface area contributed by atoms with Crippen LogP contribution in [0.3, 0.4) is 0 Å². The third kappa shape index (κ3) is 1.29. The van der Waals surface area contributed by atoms with Gasteiger partial charge in [-0.15, -0.1) is 0 Å². The van der Waals surface area contributed by atoms with Crippen LogP contribution in [0.15, 0.2) is 12.3 Å². The summed E-state index contributed by atoms with van der Waals surface area (Å²) in [7, 11) is 0. The molecular weight excluding hydrogens is 116 g/mol. The number of carbonyl (C=O) groups is 1. The first kappa shape index (κ1) is 5.83. The summed E-state index contributed by atoms with van der Waals surface area (Å²) in [5, 5.41) is 11.0. The van der Waals surface area contributed by atoms with Gasteiger partial charge < -0.3 is 5.32 Å². The molecule has 0 saturated heterocycles. The number of nitrogens with one attached hydrogen (secondary N) is 1. The van der Waals surface area contributed by atoms with E-state index in [1.54, 1.807) is 0 Å². The Morgan fingerprint density at radius 2 is 2.67 bits per heavy atom. The van der Waals surface area contributed by atoms with E-state index in [4.69, 9.17) is 5.26 Å². The maximum absolute atomic E-state index is 10.6. The standard InChI is InChI=1S/C6H6N2O/c7-4-5-3-6(9)1-2-8-5/h1-2,5,8H,3H2. The summed E-state index contributed by atoms with van der Waals surface area (Å²) in [6.07, 6.45) is 3.25. The molecule has 3 heteroatoms. The van der Waals surface area contributed by atoms with Crippen molar-refractivity contribution >= 4 is 5.78 Å². The zero-order valence-corrected chi connectivity index (χ0v) is 4.79. The molecule has 0 aromatic heterocycles. The molecule has 9 heavy (non-hydrogen) atoms. The number of carbonyl (C=O) groups excluding carboxylic acids is 1. The van der Waals surface area contributed by atoms with Crippen LogP contribution >= 0.6 is 0 Å². The average Bonchev–Trinajstić information content (AvgIpc) is 1.88. The summed E-state index contributed by atoms with van der Waals surface area (Å²) in [4.78, 5) is 10.6. The lowest BCUT2D eigenvalue weighted by molar-refractivity contribution is -0.115. The van der Waals surface area contributed by atoms with Crippen LogP contribution in [0.1, 0.15) is 6.42 Å². The third-order valence-electron chi connectivity index (χ3n) is 1.13. The number of hydrogen-bond acceptors (Lipinski definition) is 3. The third-order valence-corrected chi connectivity index (χ3v) is 1.13. The maximum Gasteiger partial charge on any atom is 0.160 e. The molecule has 1 aliphatic heterocycles. The van der Waals surface area contributed by atoms with E-state index in [0.717, 1.165) is 0 Å². The SMILES string of the molecule is N#CC1CC(=O)C=CN1. The predicted octanol–water partition coefficient (Wildman–Crippen LogP) is -0.0453. The van der Waals surface area contributed by atoms with E-state index < -0.39 is 0 Å². The van der Waals surface area contributed by atoms with Crippen LogP contribution in [0.2, 0.25) is 0 Å². The summed E-state index contributed by atoms with van der Waals surface area (Å²) in [5.74, 6) is 0.0142. The minimum Gasteiger partial charge on any atom is -0.375 e. The summed E-state index contributed by atoms with van der Waals surface area (Å²) in [5.41, 5.74) is 0. The molecule has 1 heterocycles. The van der Waals surface area contributed by atoms with Crippen LogP contribution in [-0.2, 0) is 4.79 Å². The molecule has 1 rings (SSSR count). The lowest BCUT2D eigenvalue weighted by Gasteiger charge is -2.10. The van der Waals surface area contributed by atoms with Crippen molar-refractivity contribution < 1.29 is 4.79 Å². The van der Waals surface area contributed by atoms with Crippen LogP contribution in [0, 0.1) is 11.3 Å². The number of nitriles is 1. The smallest absolute Gasteiger partial charge is 0.160 e. The average molecular weight is 122 g/mol. The molecule has 0 aromatic carbocycles. The molecule has 1 atom stereocenters. The number of ketones is 1. The van der Waals surface area contributed by atoms with Crippen molar-refractivity contribution in [1.82, 2.24) is 5.32 Å². The number of rotatable bonds is 0. The summed E-state index contributed by atoms with van der Waals surface area (Å²) < 4.78 is 0. The van der Waals surface area contributed by atoms with E-state index in [1.165, 1.54) is 12.3 Å². The minimum absolute atomic E-state index is 0.0142. The summed E-state index contributed by atoms with van der Waals surface area (Å²) >= 11 is 0. The van der Waals surface area contributed by atoms with E-state index >= 15 is 0 Å². The number of hydrogen-bond donors (Lipinski definition) is 1. The van der Waals surface area contributed by atoms with Gasteiger partial charge in [0, 0.05) is 12.6 Å². The highest BCUT2D eigenvalue weighted by atomic mass is 16.1. The maximum atomic E-state index is 10.6. The Morgan fingerprint density at radius 3 is 3.11 bits per heavy atom. The highest BCUT2D eigenvalue weighted by Crippen LogP contribution is 1.97. The van der Waals surface area contributed by atoms with Crippen molar-refractivity contribution in [1.29, 1.82) is 5.26 Å². The van der Waals surface area contributed by atoms with E-state index in [-0.39, 0.29) is 11.8 Å². The highest BCUT2D eigenvalue weighted by molar-refractivity contribution is 5.91. The molecule has 1 aliphatic rings. The molecule has 0 amide bonds. The number of allylic oxidation sites excluding steroid dienone is 1. The molecule has 0 aromatic rings. The van der Waals surface area contributed by atoms with Crippen LogP contribution in [-0.4, -0.2) is 11.8 Å². The Kier molecular flexibility index (Phi) is 1.50. The van der Waals surface area contributed by atoms with Gasteiger partial charge in [0.25, 0.3) is 0 Å². The first-order valence-corrected chi connectivity index (χ1v) is 2.68. The second kappa shape index (κ2) is 2.31. The van der Waals surface area contributed by atoms with E-state index in [0.29, 0.717) is 6.42 Å². The first-order valence-electron chi connectivity index (χ1n) is 2.68. The highest BCUT2D eigenvalue weighted by Gasteiger charge is 2.12. The molecule has 0 aliphatic carbocycles. The van der Waals surface area contributed by atoms with Crippen molar-refractivity contribution in [3.63, 3.8) is 0 Å². The van der Waals surface area contributed by atoms with Gasteiger partial charge in [0.05, 0.1) is 6.07 Å². The zero-order chi connectivity index (χ0) is 6.69. The Labute approximate surface area is 53.0 Å². The predicted molar refractivity (Wildman–Crippen MR) is 31.3 cm³/mol. The fourth-order valence-corrected chi connectivity index (χ4v) is 0.668. The molecule has 1 N–H and O–H groups in total. The minimum atomic E-state index is -0.317. The summed E-state index contributed by atoms with van der Waals surface area (Å²) in [6.45, 7) is 0. The van der Waals surface area contributed by atoms with Crippen LogP contribution in [0.4, 0.5) is 0 Å². The molecule has 0 spiro atoms. The molecule has 46 valence electrons. The molecule has 0 bridgehead atoms. The quantitative estimate of drug-likeness (QED) is 0.490. The molecule has 1 unspecified atom stereocenters. The van der Waals surface area contributed by atoms with Crippen molar-refractivity contribution in [2.75, 3.05) is 0 Å². The van der Waals surface area contributed by atoms with Crippen molar-refractivity contribution in [3.8, 4) is 6.07 Å². The van der Waals surface area contributed by atoms with Crippen molar-refractivity contribution in [2.24, 2.45) is 0 Å². The van der Waals surface area contributed by atoms with Crippen molar-refractivity contribution in [2.45, 2.75) is 12.5 Å². The topological polar surface area (TPSA) is 52.9 Å². The largest absolute Gasteiger partial charge is 0.375 e. The lowest BCUT2D eigenvalue weighted by atomic mass is 10.1. The second-order valence-corrected chi connectivity index (χ2v) is 1.85. The van der Waals surface area contributed by atoms with Crippen LogP contribution in [0.5, 0.6) is 0 Å². The second-order valence-electron chi connectivity index (χ2n) is 1.85. The molecule has 0 saturated carbocycles. The van der Waals surface area contributed by atoms with Gasteiger partial charge in [-0.25, -0.2) is 0 Å². The first-order chi connectivity index (χ1) is 4.33. The summed E-state index contributed by atoms with van der Waals surface area (Å²) in [6, 6.07) is 1.63. The molecule has 0 radical (unpaired) electrons. The van der Waals surface area contributed by atoms with E-state index in [1.807, 2.05) is 6.07 Å². The van der Waals surface area contributed by atoms with Gasteiger partial charge in [-0.1, -0.05) is 0 Å². The van der Waals surface area contributed by atoms with Gasteiger partial charge in [-0.05, 0) is 6.08 Å².